The van der Waals surface area contributed by atoms with E-state index in [4.69, 9.17) is 0 Å². The Hall–Kier alpha value is -3.94. The number of nitrogens with one attached hydrogen (secondary N) is 2. The Balaban J connectivity index is 0.000000319. The maximum absolute atomic E-state index is 12.1. The third kappa shape index (κ3) is 11.0. The van der Waals surface area contributed by atoms with Gasteiger partial charge in [0, 0.05) is 31.1 Å². The van der Waals surface area contributed by atoms with Crippen LogP contribution in [-0.2, 0) is 28.6 Å². The minimum absolute atomic E-state index is 0.0963. The second kappa shape index (κ2) is 15.1. The average Bonchev–Trinajstić information content (AvgIpc) is 2.90. The SMILES string of the molecule is CCc1cccc(C(F)(F)F)c1.O=CN[C@@H](CCc1ccccc1)CNC(=O)/C=C/c1ccncc1. The summed E-state index contributed by atoms with van der Waals surface area (Å²) in [5.41, 5.74) is 2.26. The molecule has 1 atom stereocenters. The van der Waals surface area contributed by atoms with Gasteiger partial charge in [0.15, 0.2) is 0 Å². The predicted molar refractivity (Wildman–Crippen MR) is 135 cm³/mol. The van der Waals surface area contributed by atoms with E-state index < -0.39 is 11.7 Å². The van der Waals surface area contributed by atoms with Crippen molar-refractivity contribution >= 4 is 18.4 Å². The molecule has 8 heteroatoms. The Morgan fingerprint density at radius 1 is 1.00 bits per heavy atom. The first-order valence-electron chi connectivity index (χ1n) is 11.6. The predicted octanol–water partition coefficient (Wildman–Crippen LogP) is 5.23. The maximum Gasteiger partial charge on any atom is 0.416 e. The van der Waals surface area contributed by atoms with Gasteiger partial charge >= 0.3 is 6.18 Å². The maximum atomic E-state index is 12.1. The van der Waals surface area contributed by atoms with Crippen molar-refractivity contribution in [3.63, 3.8) is 0 Å². The van der Waals surface area contributed by atoms with Crippen LogP contribution in [0.3, 0.4) is 0 Å². The van der Waals surface area contributed by atoms with Crippen LogP contribution in [0.5, 0.6) is 0 Å². The molecule has 190 valence electrons. The molecular weight excluding hydrogens is 467 g/mol. The van der Waals surface area contributed by atoms with E-state index in [2.05, 4.69) is 15.6 Å². The van der Waals surface area contributed by atoms with Gasteiger partial charge in [-0.15, -0.1) is 0 Å². The molecular formula is C28H30F3N3O2. The number of aromatic nitrogens is 1. The number of halogens is 3. The lowest BCUT2D eigenvalue weighted by Gasteiger charge is -2.16. The number of benzene rings is 2. The summed E-state index contributed by atoms with van der Waals surface area (Å²) >= 11 is 0. The first kappa shape index (κ1) is 28.3. The Morgan fingerprint density at radius 3 is 2.33 bits per heavy atom. The molecule has 0 bridgehead atoms. The molecule has 3 rings (SSSR count). The largest absolute Gasteiger partial charge is 0.416 e. The fraction of sp³-hybridized carbons (Fsp3) is 0.250. The number of nitrogens with zero attached hydrogens (tertiary/aromatic N) is 1. The topological polar surface area (TPSA) is 71.1 Å². The number of hydrogen-bond donors (Lipinski definition) is 2. The first-order chi connectivity index (χ1) is 17.3. The van der Waals surface area contributed by atoms with E-state index in [0.29, 0.717) is 24.9 Å². The van der Waals surface area contributed by atoms with Crippen molar-refractivity contribution in [2.24, 2.45) is 0 Å². The van der Waals surface area contributed by atoms with Crippen molar-refractivity contribution in [1.29, 1.82) is 0 Å². The van der Waals surface area contributed by atoms with Gasteiger partial charge in [-0.05, 0) is 60.2 Å². The molecule has 1 heterocycles. The van der Waals surface area contributed by atoms with Gasteiger partial charge in [0.25, 0.3) is 0 Å². The van der Waals surface area contributed by atoms with Crippen LogP contribution >= 0.6 is 0 Å². The standard InChI is InChI=1S/C19H21N3O2.C9H9F3/c23-15-22-18(8-6-16-4-2-1-3-5-16)14-21-19(24)9-7-17-10-12-20-13-11-17;1-2-7-4-3-5-8(6-7)9(10,11)12/h1-5,7,9-13,15,18H,6,8,14H2,(H,21,24)(H,22,23);3-6H,2H2,1H3/b9-7+;/t18-;/m0./s1. The molecule has 3 aromatic rings. The zero-order chi connectivity index (χ0) is 26.2. The lowest BCUT2D eigenvalue weighted by Crippen LogP contribution is -2.40. The van der Waals surface area contributed by atoms with Crippen LogP contribution in [0.4, 0.5) is 13.2 Å². The van der Waals surface area contributed by atoms with Crippen LogP contribution in [0.15, 0.2) is 85.2 Å². The van der Waals surface area contributed by atoms with Gasteiger partial charge in [0.1, 0.15) is 0 Å². The van der Waals surface area contributed by atoms with Crippen molar-refractivity contribution in [3.05, 3.63) is 107 Å². The number of amides is 2. The van der Waals surface area contributed by atoms with E-state index in [9.17, 15) is 22.8 Å². The highest BCUT2D eigenvalue weighted by Gasteiger charge is 2.30. The molecule has 0 saturated carbocycles. The van der Waals surface area contributed by atoms with Gasteiger partial charge in [0.05, 0.1) is 5.56 Å². The Morgan fingerprint density at radius 2 is 1.69 bits per heavy atom. The molecule has 1 aromatic heterocycles. The van der Waals surface area contributed by atoms with E-state index in [1.807, 2.05) is 49.4 Å². The number of carbonyl (C=O) groups is 2. The van der Waals surface area contributed by atoms with E-state index in [1.54, 1.807) is 24.5 Å². The van der Waals surface area contributed by atoms with Crippen LogP contribution in [0.1, 0.15) is 35.6 Å². The second-order valence-electron chi connectivity index (χ2n) is 7.92. The zero-order valence-corrected chi connectivity index (χ0v) is 20.0. The molecule has 0 radical (unpaired) electrons. The number of alkyl halides is 3. The first-order valence-corrected chi connectivity index (χ1v) is 11.6. The Labute approximate surface area is 209 Å². The van der Waals surface area contributed by atoms with Gasteiger partial charge in [-0.1, -0.05) is 55.5 Å². The van der Waals surface area contributed by atoms with E-state index in [-0.39, 0.29) is 11.9 Å². The van der Waals surface area contributed by atoms with E-state index in [1.165, 1.54) is 23.8 Å². The lowest BCUT2D eigenvalue weighted by molar-refractivity contribution is -0.137. The molecule has 0 spiro atoms. The summed E-state index contributed by atoms with van der Waals surface area (Å²) in [5, 5.41) is 5.57. The van der Waals surface area contributed by atoms with Crippen molar-refractivity contribution in [1.82, 2.24) is 15.6 Å². The third-order valence-electron chi connectivity index (χ3n) is 5.25. The van der Waals surface area contributed by atoms with Crippen molar-refractivity contribution in [2.75, 3.05) is 6.54 Å². The minimum atomic E-state index is -4.22. The summed E-state index contributed by atoms with van der Waals surface area (Å²) in [6.07, 6.45) is 5.24. The van der Waals surface area contributed by atoms with Crippen LogP contribution in [0.25, 0.3) is 6.08 Å². The summed E-state index contributed by atoms with van der Waals surface area (Å²) in [6, 6.07) is 19.0. The highest BCUT2D eigenvalue weighted by molar-refractivity contribution is 5.91. The molecule has 0 aliphatic rings. The fourth-order valence-corrected chi connectivity index (χ4v) is 3.22. The number of hydrogen-bond acceptors (Lipinski definition) is 3. The normalized spacial score (nSPS) is 11.8. The second-order valence-corrected chi connectivity index (χ2v) is 7.92. The van der Waals surface area contributed by atoms with Crippen LogP contribution in [-0.4, -0.2) is 29.9 Å². The van der Waals surface area contributed by atoms with E-state index in [0.717, 1.165) is 24.5 Å². The summed E-state index contributed by atoms with van der Waals surface area (Å²) < 4.78 is 36.3. The molecule has 0 saturated heterocycles. The Bertz CT molecular complexity index is 1090. The van der Waals surface area contributed by atoms with Crippen LogP contribution in [0, 0.1) is 0 Å². The third-order valence-corrected chi connectivity index (χ3v) is 5.25. The number of aryl methyl sites for hydroxylation is 2. The molecule has 2 aromatic carbocycles. The number of rotatable bonds is 10. The molecule has 36 heavy (non-hydrogen) atoms. The van der Waals surface area contributed by atoms with Crippen molar-refractivity contribution < 1.29 is 22.8 Å². The molecule has 2 N–H and O–H groups in total. The summed E-state index contributed by atoms with van der Waals surface area (Å²) in [5.74, 6) is -0.191. The van der Waals surface area contributed by atoms with Crippen molar-refractivity contribution in [2.45, 2.75) is 38.4 Å². The molecule has 2 amide bonds. The minimum Gasteiger partial charge on any atom is -0.354 e. The number of carbonyl (C=O) groups excluding carboxylic acids is 2. The highest BCUT2D eigenvalue weighted by Crippen LogP contribution is 2.29. The summed E-state index contributed by atoms with van der Waals surface area (Å²) in [4.78, 5) is 26.5. The molecule has 0 unspecified atom stereocenters. The summed E-state index contributed by atoms with van der Waals surface area (Å²) in [6.45, 7) is 2.22. The number of pyridine rings is 1. The quantitative estimate of drug-likeness (QED) is 0.298. The molecule has 0 fully saturated rings. The van der Waals surface area contributed by atoms with Gasteiger partial charge < -0.3 is 10.6 Å². The van der Waals surface area contributed by atoms with Gasteiger partial charge in [-0.2, -0.15) is 13.2 Å². The van der Waals surface area contributed by atoms with Crippen LogP contribution in [0.2, 0.25) is 0 Å². The molecule has 0 aliphatic carbocycles. The highest BCUT2D eigenvalue weighted by atomic mass is 19.4. The average molecular weight is 498 g/mol. The van der Waals surface area contributed by atoms with Crippen LogP contribution < -0.4 is 10.6 Å². The molecule has 5 nitrogen and oxygen atoms in total. The fourth-order valence-electron chi connectivity index (χ4n) is 3.22. The Kier molecular flexibility index (Phi) is 11.9. The summed E-state index contributed by atoms with van der Waals surface area (Å²) in [7, 11) is 0. The molecule has 0 aliphatic heterocycles. The zero-order valence-electron chi connectivity index (χ0n) is 20.0. The van der Waals surface area contributed by atoms with Gasteiger partial charge in [-0.25, -0.2) is 0 Å². The smallest absolute Gasteiger partial charge is 0.354 e. The van der Waals surface area contributed by atoms with Gasteiger partial charge in [-0.3, -0.25) is 14.6 Å². The lowest BCUT2D eigenvalue weighted by atomic mass is 10.1. The van der Waals surface area contributed by atoms with E-state index >= 15 is 0 Å². The van der Waals surface area contributed by atoms with Crippen molar-refractivity contribution in [3.8, 4) is 0 Å². The van der Waals surface area contributed by atoms with Gasteiger partial charge in [0.2, 0.25) is 12.3 Å². The monoisotopic (exact) mass is 497 g/mol.